The van der Waals surface area contributed by atoms with Crippen molar-refractivity contribution < 1.29 is 17.9 Å². The molecule has 0 amide bonds. The molecule has 0 aliphatic heterocycles. The first-order valence-corrected chi connectivity index (χ1v) is 10.6. The predicted molar refractivity (Wildman–Crippen MR) is 112 cm³/mol. The summed E-state index contributed by atoms with van der Waals surface area (Å²) in [6, 6.07) is 16.7. The smallest absolute Gasteiger partial charge is 0.326 e. The molecule has 0 fully saturated rings. The molecule has 0 spiro atoms. The Morgan fingerprint density at radius 1 is 0.964 bits per heavy atom. The highest BCUT2D eigenvalue weighted by Crippen LogP contribution is 2.30. The summed E-state index contributed by atoms with van der Waals surface area (Å²) >= 11 is 11.9. The van der Waals surface area contributed by atoms with E-state index in [1.54, 1.807) is 25.1 Å². The van der Waals surface area contributed by atoms with Gasteiger partial charge in [-0.2, -0.15) is 0 Å². The number of fused-ring (bicyclic) bond motifs is 1. The molecule has 8 heteroatoms. The number of hydrogen-bond acceptors (Lipinski definition) is 4. The van der Waals surface area contributed by atoms with Crippen molar-refractivity contribution in [3.05, 3.63) is 70.7 Å². The standard InChI is InChI=1S/C20H17Cl2NO4S/c1-2-27-20(24)13-23(16-8-7-14-5-3-4-6-15(14)11-16)28(25,26)17-9-10-18(21)19(22)12-17/h3-12H,2,13H2,1H3. The quantitative estimate of drug-likeness (QED) is 0.514. The first-order chi connectivity index (χ1) is 13.3. The van der Waals surface area contributed by atoms with Gasteiger partial charge in [-0.25, -0.2) is 8.42 Å². The minimum atomic E-state index is -4.09. The minimum absolute atomic E-state index is 0.0700. The molecular weight excluding hydrogens is 421 g/mol. The molecule has 0 N–H and O–H groups in total. The van der Waals surface area contributed by atoms with Gasteiger partial charge in [0, 0.05) is 0 Å². The lowest BCUT2D eigenvalue weighted by molar-refractivity contribution is -0.141. The van der Waals surface area contributed by atoms with Gasteiger partial charge >= 0.3 is 5.97 Å². The summed E-state index contributed by atoms with van der Waals surface area (Å²) in [6.45, 7) is 1.34. The molecule has 0 bridgehead atoms. The van der Waals surface area contributed by atoms with Crippen molar-refractivity contribution >= 4 is 55.7 Å². The lowest BCUT2D eigenvalue weighted by Gasteiger charge is -2.24. The molecule has 3 aromatic rings. The molecule has 0 saturated heterocycles. The number of esters is 1. The third-order valence-electron chi connectivity index (χ3n) is 4.08. The Morgan fingerprint density at radius 3 is 2.36 bits per heavy atom. The number of nitrogens with zero attached hydrogens (tertiary/aromatic N) is 1. The summed E-state index contributed by atoms with van der Waals surface area (Å²) in [5.41, 5.74) is 0.345. The SMILES string of the molecule is CCOC(=O)CN(c1ccc2ccccc2c1)S(=O)(=O)c1ccc(Cl)c(Cl)c1. The predicted octanol–water partition coefficient (Wildman–Crippen LogP) is 4.91. The van der Waals surface area contributed by atoms with Gasteiger partial charge in [0.25, 0.3) is 10.0 Å². The summed E-state index contributed by atoms with van der Waals surface area (Å²) in [6.07, 6.45) is 0. The molecule has 3 aromatic carbocycles. The molecule has 0 saturated carbocycles. The van der Waals surface area contributed by atoms with Crippen molar-refractivity contribution in [2.45, 2.75) is 11.8 Å². The van der Waals surface area contributed by atoms with E-state index in [2.05, 4.69) is 0 Å². The Labute approximate surface area is 173 Å². The van der Waals surface area contributed by atoms with Gasteiger partial charge in [0.15, 0.2) is 0 Å². The summed E-state index contributed by atoms with van der Waals surface area (Å²) in [4.78, 5) is 12.0. The zero-order valence-corrected chi connectivity index (χ0v) is 17.3. The average molecular weight is 438 g/mol. The molecular formula is C20H17Cl2NO4S. The number of benzene rings is 3. The molecule has 5 nitrogen and oxygen atoms in total. The summed E-state index contributed by atoms with van der Waals surface area (Å²) < 4.78 is 32.6. The fraction of sp³-hybridized carbons (Fsp3) is 0.150. The number of rotatable bonds is 6. The van der Waals surface area contributed by atoms with Gasteiger partial charge in [0.05, 0.1) is 27.2 Å². The number of carbonyl (C=O) groups excluding carboxylic acids is 1. The van der Waals surface area contributed by atoms with E-state index in [1.165, 1.54) is 18.2 Å². The molecule has 28 heavy (non-hydrogen) atoms. The van der Waals surface area contributed by atoms with Gasteiger partial charge in [-0.15, -0.1) is 0 Å². The number of anilines is 1. The van der Waals surface area contributed by atoms with Crippen molar-refractivity contribution in [1.82, 2.24) is 0 Å². The van der Waals surface area contributed by atoms with Crippen molar-refractivity contribution in [2.24, 2.45) is 0 Å². The van der Waals surface area contributed by atoms with Crippen LogP contribution in [0.5, 0.6) is 0 Å². The van der Waals surface area contributed by atoms with E-state index in [9.17, 15) is 13.2 Å². The number of sulfonamides is 1. The van der Waals surface area contributed by atoms with Crippen LogP contribution in [-0.2, 0) is 19.6 Å². The van der Waals surface area contributed by atoms with E-state index in [0.29, 0.717) is 5.69 Å². The van der Waals surface area contributed by atoms with Crippen LogP contribution in [-0.4, -0.2) is 27.5 Å². The Hall–Kier alpha value is -2.28. The molecule has 0 radical (unpaired) electrons. The van der Waals surface area contributed by atoms with Gasteiger partial charge in [0.2, 0.25) is 0 Å². The number of ether oxygens (including phenoxy) is 1. The van der Waals surface area contributed by atoms with Gasteiger partial charge in [-0.3, -0.25) is 9.10 Å². The highest BCUT2D eigenvalue weighted by atomic mass is 35.5. The Kier molecular flexibility index (Phi) is 6.13. The van der Waals surface area contributed by atoms with Gasteiger partial charge in [-0.1, -0.05) is 53.5 Å². The second-order valence-corrected chi connectivity index (χ2v) is 8.60. The zero-order chi connectivity index (χ0) is 20.3. The third-order valence-corrected chi connectivity index (χ3v) is 6.59. The van der Waals surface area contributed by atoms with Crippen LogP contribution in [0.25, 0.3) is 10.8 Å². The van der Waals surface area contributed by atoms with E-state index in [-0.39, 0.29) is 21.5 Å². The van der Waals surface area contributed by atoms with Crippen LogP contribution in [0.15, 0.2) is 65.6 Å². The van der Waals surface area contributed by atoms with Crippen LogP contribution in [0.3, 0.4) is 0 Å². The topological polar surface area (TPSA) is 63.7 Å². The van der Waals surface area contributed by atoms with E-state index < -0.39 is 22.5 Å². The molecule has 0 aliphatic carbocycles. The first-order valence-electron chi connectivity index (χ1n) is 8.45. The van der Waals surface area contributed by atoms with Gasteiger partial charge < -0.3 is 4.74 Å². The Bertz CT molecular complexity index is 1130. The highest BCUT2D eigenvalue weighted by Gasteiger charge is 2.28. The maximum atomic E-state index is 13.3. The Morgan fingerprint density at radius 2 is 1.68 bits per heavy atom. The van der Waals surface area contributed by atoms with Crippen molar-refractivity contribution in [2.75, 3.05) is 17.5 Å². The number of hydrogen-bond donors (Lipinski definition) is 0. The van der Waals surface area contributed by atoms with Crippen LogP contribution >= 0.6 is 23.2 Å². The van der Waals surface area contributed by atoms with E-state index in [0.717, 1.165) is 15.1 Å². The lowest BCUT2D eigenvalue weighted by Crippen LogP contribution is -2.36. The van der Waals surface area contributed by atoms with E-state index in [4.69, 9.17) is 27.9 Å². The van der Waals surface area contributed by atoms with Crippen LogP contribution < -0.4 is 4.31 Å². The summed E-state index contributed by atoms with van der Waals surface area (Å²) in [7, 11) is -4.09. The number of halogens is 2. The van der Waals surface area contributed by atoms with Crippen LogP contribution in [0.1, 0.15) is 6.92 Å². The number of carbonyl (C=O) groups is 1. The second-order valence-electron chi connectivity index (χ2n) is 5.92. The fourth-order valence-corrected chi connectivity index (χ4v) is 4.53. The largest absolute Gasteiger partial charge is 0.465 e. The zero-order valence-electron chi connectivity index (χ0n) is 14.9. The van der Waals surface area contributed by atoms with Crippen LogP contribution in [0.4, 0.5) is 5.69 Å². The summed E-state index contributed by atoms with van der Waals surface area (Å²) in [5.74, 6) is -0.653. The molecule has 0 atom stereocenters. The second kappa shape index (κ2) is 8.39. The molecule has 3 rings (SSSR count). The molecule has 0 heterocycles. The average Bonchev–Trinajstić information content (AvgIpc) is 2.68. The van der Waals surface area contributed by atoms with Gasteiger partial charge in [0.1, 0.15) is 6.54 Å². The minimum Gasteiger partial charge on any atom is -0.465 e. The maximum Gasteiger partial charge on any atom is 0.326 e. The van der Waals surface area contributed by atoms with E-state index in [1.807, 2.05) is 24.3 Å². The molecule has 146 valence electrons. The first kappa shape index (κ1) is 20.5. The maximum absolute atomic E-state index is 13.3. The van der Waals surface area contributed by atoms with Gasteiger partial charge in [-0.05, 0) is 48.0 Å². The van der Waals surface area contributed by atoms with E-state index >= 15 is 0 Å². The third kappa shape index (κ3) is 4.24. The normalized spacial score (nSPS) is 11.4. The highest BCUT2D eigenvalue weighted by molar-refractivity contribution is 7.92. The van der Waals surface area contributed by atoms with Crippen molar-refractivity contribution in [1.29, 1.82) is 0 Å². The Balaban J connectivity index is 2.11. The summed E-state index contributed by atoms with van der Waals surface area (Å²) in [5, 5.41) is 2.15. The van der Waals surface area contributed by atoms with Crippen molar-refractivity contribution in [3.8, 4) is 0 Å². The molecule has 0 aromatic heterocycles. The van der Waals surface area contributed by atoms with Crippen LogP contribution in [0.2, 0.25) is 10.0 Å². The molecule has 0 unspecified atom stereocenters. The lowest BCUT2D eigenvalue weighted by atomic mass is 10.1. The fourth-order valence-electron chi connectivity index (χ4n) is 2.74. The van der Waals surface area contributed by atoms with Crippen molar-refractivity contribution in [3.63, 3.8) is 0 Å². The monoisotopic (exact) mass is 437 g/mol. The molecule has 0 aliphatic rings. The van der Waals surface area contributed by atoms with Crippen LogP contribution in [0, 0.1) is 0 Å².